The van der Waals surface area contributed by atoms with Gasteiger partial charge in [-0.05, 0) is 24.3 Å². The molecule has 1 heterocycles. The van der Waals surface area contributed by atoms with Crippen LogP contribution in [0.4, 0.5) is 19.0 Å². The molecule has 0 bridgehead atoms. The molecule has 19 heavy (non-hydrogen) atoms. The molecule has 0 amide bonds. The Morgan fingerprint density at radius 2 is 1.89 bits per heavy atom. The molecule has 0 spiro atoms. The van der Waals surface area contributed by atoms with E-state index in [1.165, 1.54) is 6.07 Å². The summed E-state index contributed by atoms with van der Waals surface area (Å²) in [6.45, 7) is 0. The molecule has 0 radical (unpaired) electrons. The van der Waals surface area contributed by atoms with Crippen molar-refractivity contribution in [3.05, 3.63) is 41.6 Å². The van der Waals surface area contributed by atoms with Gasteiger partial charge in [-0.15, -0.1) is 0 Å². The van der Waals surface area contributed by atoms with Crippen LogP contribution in [0.25, 0.3) is 0 Å². The Morgan fingerprint density at radius 3 is 2.37 bits per heavy atom. The summed E-state index contributed by atoms with van der Waals surface area (Å²) in [6.07, 6.45) is -4.43. The molecule has 1 aromatic heterocycles. The zero-order chi connectivity index (χ0) is 14.0. The fraction of sp³-hybridized carbons (Fsp3) is 0.0909. The van der Waals surface area contributed by atoms with Crippen LogP contribution in [0.2, 0.25) is 0 Å². The fourth-order valence-corrected chi connectivity index (χ4v) is 1.32. The van der Waals surface area contributed by atoms with Crippen LogP contribution >= 0.6 is 0 Å². The molecule has 5 nitrogen and oxygen atoms in total. The van der Waals surface area contributed by atoms with Crippen LogP contribution in [0.3, 0.4) is 0 Å². The number of benzene rings is 1. The number of esters is 1. The Kier molecular flexibility index (Phi) is 3.16. The third kappa shape index (κ3) is 3.03. The number of hydrogen-bond acceptors (Lipinski definition) is 4. The van der Waals surface area contributed by atoms with Crippen molar-refractivity contribution in [3.63, 3.8) is 0 Å². The van der Waals surface area contributed by atoms with E-state index >= 15 is 0 Å². The monoisotopic (exact) mass is 271 g/mol. The number of nitrogen functional groups attached to an aromatic ring is 1. The molecule has 2 aromatic rings. The number of H-pyrrole nitrogens is 1. The van der Waals surface area contributed by atoms with Crippen LogP contribution in [0.15, 0.2) is 30.3 Å². The van der Waals surface area contributed by atoms with Gasteiger partial charge in [0.25, 0.3) is 0 Å². The van der Waals surface area contributed by atoms with Crippen LogP contribution in [-0.4, -0.2) is 16.2 Å². The molecule has 0 unspecified atom stereocenters. The summed E-state index contributed by atoms with van der Waals surface area (Å²) in [7, 11) is 0. The second-order valence-corrected chi connectivity index (χ2v) is 3.62. The molecule has 0 saturated heterocycles. The first-order valence-corrected chi connectivity index (χ1v) is 5.06. The number of aromatic nitrogens is 2. The van der Waals surface area contributed by atoms with E-state index in [2.05, 4.69) is 10.2 Å². The van der Waals surface area contributed by atoms with E-state index in [1.807, 2.05) is 0 Å². The van der Waals surface area contributed by atoms with Crippen molar-refractivity contribution in [2.75, 3.05) is 5.73 Å². The van der Waals surface area contributed by atoms with Gasteiger partial charge in [0.2, 0.25) is 0 Å². The lowest BCUT2D eigenvalue weighted by molar-refractivity contribution is -0.137. The number of anilines is 1. The van der Waals surface area contributed by atoms with E-state index in [1.54, 1.807) is 0 Å². The Labute approximate surface area is 105 Å². The van der Waals surface area contributed by atoms with Gasteiger partial charge in [0, 0.05) is 6.07 Å². The van der Waals surface area contributed by atoms with Gasteiger partial charge in [-0.2, -0.15) is 18.3 Å². The molecule has 0 aliphatic carbocycles. The predicted molar refractivity (Wildman–Crippen MR) is 59.4 cm³/mol. The highest BCUT2D eigenvalue weighted by molar-refractivity contribution is 5.89. The lowest BCUT2D eigenvalue weighted by Crippen LogP contribution is -2.09. The number of aromatic amines is 1. The van der Waals surface area contributed by atoms with Crippen molar-refractivity contribution in [1.29, 1.82) is 0 Å². The van der Waals surface area contributed by atoms with Gasteiger partial charge in [-0.25, -0.2) is 4.79 Å². The van der Waals surface area contributed by atoms with Crippen LogP contribution in [0, 0.1) is 0 Å². The van der Waals surface area contributed by atoms with Gasteiger partial charge in [-0.1, -0.05) is 0 Å². The molecule has 8 heteroatoms. The van der Waals surface area contributed by atoms with Gasteiger partial charge in [0.05, 0.1) is 5.56 Å². The fourth-order valence-electron chi connectivity index (χ4n) is 1.32. The van der Waals surface area contributed by atoms with Gasteiger partial charge >= 0.3 is 12.1 Å². The maximum atomic E-state index is 12.3. The molecule has 2 rings (SSSR count). The third-order valence-electron chi connectivity index (χ3n) is 2.21. The zero-order valence-corrected chi connectivity index (χ0v) is 9.36. The summed E-state index contributed by atoms with van der Waals surface area (Å²) in [5.41, 5.74) is 4.49. The summed E-state index contributed by atoms with van der Waals surface area (Å²) < 4.78 is 41.8. The number of carbonyl (C=O) groups excluding carboxylic acids is 1. The Hall–Kier alpha value is -2.51. The molecule has 1 aromatic carbocycles. The van der Waals surface area contributed by atoms with Crippen molar-refractivity contribution in [1.82, 2.24) is 10.2 Å². The van der Waals surface area contributed by atoms with Crippen LogP contribution in [-0.2, 0) is 6.18 Å². The van der Waals surface area contributed by atoms with Crippen LogP contribution < -0.4 is 10.5 Å². The molecular weight excluding hydrogens is 263 g/mol. The number of hydrogen-bond donors (Lipinski definition) is 2. The van der Waals surface area contributed by atoms with Crippen LogP contribution in [0.5, 0.6) is 5.75 Å². The second kappa shape index (κ2) is 4.63. The normalized spacial score (nSPS) is 11.3. The number of halogens is 3. The summed E-state index contributed by atoms with van der Waals surface area (Å²) in [5, 5.41) is 5.86. The number of nitrogens with one attached hydrogen (secondary N) is 1. The molecule has 0 atom stereocenters. The first-order valence-electron chi connectivity index (χ1n) is 5.06. The maximum Gasteiger partial charge on any atom is 0.416 e. The Balaban J connectivity index is 2.10. The molecule has 100 valence electrons. The lowest BCUT2D eigenvalue weighted by Gasteiger charge is -2.07. The first kappa shape index (κ1) is 12.9. The van der Waals surface area contributed by atoms with E-state index in [-0.39, 0.29) is 17.3 Å². The minimum Gasteiger partial charge on any atom is -0.422 e. The van der Waals surface area contributed by atoms with Crippen molar-refractivity contribution in [2.24, 2.45) is 0 Å². The SMILES string of the molecule is Nc1cc(C(=O)Oc2ccc(C(F)(F)F)cc2)[nH]n1. The molecule has 3 N–H and O–H groups in total. The maximum absolute atomic E-state index is 12.3. The molecular formula is C11H8F3N3O2. The van der Waals surface area contributed by atoms with Gasteiger partial charge < -0.3 is 10.5 Å². The third-order valence-corrected chi connectivity index (χ3v) is 2.21. The summed E-state index contributed by atoms with van der Waals surface area (Å²) in [6, 6.07) is 5.02. The minimum atomic E-state index is -4.43. The molecule has 0 saturated carbocycles. The number of nitrogens with two attached hydrogens (primary N) is 1. The number of rotatable bonds is 2. The second-order valence-electron chi connectivity index (χ2n) is 3.62. The highest BCUT2D eigenvalue weighted by Crippen LogP contribution is 2.30. The average Bonchev–Trinajstić information content (AvgIpc) is 2.75. The van der Waals surface area contributed by atoms with E-state index in [9.17, 15) is 18.0 Å². The van der Waals surface area contributed by atoms with Gasteiger partial charge in [0.1, 0.15) is 17.3 Å². The standard InChI is InChI=1S/C11H8F3N3O2/c12-11(13,14)6-1-3-7(4-2-6)19-10(18)8-5-9(15)17-16-8/h1-5H,(H3,15,16,17). The lowest BCUT2D eigenvalue weighted by atomic mass is 10.2. The molecule has 0 fully saturated rings. The highest BCUT2D eigenvalue weighted by atomic mass is 19.4. The topological polar surface area (TPSA) is 81.0 Å². The van der Waals surface area contributed by atoms with Crippen LogP contribution in [0.1, 0.15) is 16.1 Å². The number of alkyl halides is 3. The van der Waals surface area contributed by atoms with Crippen molar-refractivity contribution in [2.45, 2.75) is 6.18 Å². The molecule has 0 aliphatic rings. The summed E-state index contributed by atoms with van der Waals surface area (Å²) in [5.74, 6) is -0.686. The summed E-state index contributed by atoms with van der Waals surface area (Å²) >= 11 is 0. The minimum absolute atomic E-state index is 0.00817. The first-order chi connectivity index (χ1) is 8.86. The van der Waals surface area contributed by atoms with Gasteiger partial charge in [0.15, 0.2) is 0 Å². The van der Waals surface area contributed by atoms with Crippen molar-refractivity contribution >= 4 is 11.8 Å². The summed E-state index contributed by atoms with van der Waals surface area (Å²) in [4.78, 5) is 11.5. The number of ether oxygens (including phenoxy) is 1. The predicted octanol–water partition coefficient (Wildman–Crippen LogP) is 2.23. The van der Waals surface area contributed by atoms with Gasteiger partial charge in [-0.3, -0.25) is 5.10 Å². The quantitative estimate of drug-likeness (QED) is 0.648. The van der Waals surface area contributed by atoms with E-state index in [0.717, 1.165) is 24.3 Å². The number of nitrogens with zero attached hydrogens (tertiary/aromatic N) is 1. The Bertz CT molecular complexity index is 590. The Morgan fingerprint density at radius 1 is 1.26 bits per heavy atom. The molecule has 0 aliphatic heterocycles. The van der Waals surface area contributed by atoms with Crippen molar-refractivity contribution in [3.8, 4) is 5.75 Å². The smallest absolute Gasteiger partial charge is 0.416 e. The average molecular weight is 271 g/mol. The van der Waals surface area contributed by atoms with Crippen molar-refractivity contribution < 1.29 is 22.7 Å². The highest BCUT2D eigenvalue weighted by Gasteiger charge is 2.30. The zero-order valence-electron chi connectivity index (χ0n) is 9.36. The number of carbonyl (C=O) groups is 1. The largest absolute Gasteiger partial charge is 0.422 e. The van der Waals surface area contributed by atoms with E-state index in [0.29, 0.717) is 0 Å². The van der Waals surface area contributed by atoms with E-state index in [4.69, 9.17) is 10.5 Å². The van der Waals surface area contributed by atoms with E-state index < -0.39 is 17.7 Å².